The molecule has 1 aliphatic heterocycles. The number of aliphatic hydroxyl groups excluding tert-OH is 4. The molecular formula is C31H31N3O8. The molecule has 218 valence electrons. The minimum atomic E-state index is -1.52. The second-order valence-corrected chi connectivity index (χ2v) is 9.76. The van der Waals surface area contributed by atoms with E-state index < -0.39 is 37.3 Å². The molecule has 11 nitrogen and oxygen atoms in total. The first-order valence-electron chi connectivity index (χ1n) is 13.3. The Hall–Kier alpha value is -4.39. The molecule has 0 aliphatic carbocycles. The Kier molecular flexibility index (Phi) is 9.37. The summed E-state index contributed by atoms with van der Waals surface area (Å²) >= 11 is 0. The number of ketones is 1. The average Bonchev–Trinajstić information content (AvgIpc) is 3.51. The van der Waals surface area contributed by atoms with Crippen molar-refractivity contribution in [3.05, 3.63) is 114 Å². The van der Waals surface area contributed by atoms with Crippen LogP contribution in [0.5, 0.6) is 11.5 Å². The third-order valence-electron chi connectivity index (χ3n) is 6.77. The molecule has 5 rings (SSSR count). The maximum Gasteiger partial charge on any atom is 0.185 e. The lowest BCUT2D eigenvalue weighted by Gasteiger charge is -2.39. The number of hydrogen-bond acceptors (Lipinski definition) is 10. The van der Waals surface area contributed by atoms with E-state index in [0.29, 0.717) is 23.6 Å². The number of hydrogen-bond donors (Lipinski definition) is 4. The van der Waals surface area contributed by atoms with E-state index in [4.69, 9.17) is 14.2 Å². The molecule has 0 radical (unpaired) electrons. The van der Waals surface area contributed by atoms with Crippen LogP contribution in [0.3, 0.4) is 0 Å². The molecule has 5 atom stereocenters. The third-order valence-corrected chi connectivity index (χ3v) is 6.77. The van der Waals surface area contributed by atoms with E-state index in [2.05, 4.69) is 10.3 Å². The molecule has 0 amide bonds. The molecule has 0 bridgehead atoms. The summed E-state index contributed by atoms with van der Waals surface area (Å²) in [6.45, 7) is -0.0231. The van der Waals surface area contributed by atoms with Crippen molar-refractivity contribution in [1.29, 1.82) is 0 Å². The monoisotopic (exact) mass is 573 g/mol. The van der Waals surface area contributed by atoms with Crippen LogP contribution in [0, 0.1) is 0 Å². The first-order chi connectivity index (χ1) is 20.4. The molecule has 2 heterocycles. The van der Waals surface area contributed by atoms with Gasteiger partial charge in [0.15, 0.2) is 12.0 Å². The lowest BCUT2D eigenvalue weighted by molar-refractivity contribution is -0.254. The Morgan fingerprint density at radius 2 is 1.52 bits per heavy atom. The average molecular weight is 574 g/mol. The quantitative estimate of drug-likeness (QED) is 0.155. The number of aromatic nitrogens is 3. The molecule has 1 fully saturated rings. The van der Waals surface area contributed by atoms with Crippen LogP contribution in [0.15, 0.2) is 91.1 Å². The van der Waals surface area contributed by atoms with Gasteiger partial charge in [0, 0.05) is 5.56 Å². The van der Waals surface area contributed by atoms with Crippen LogP contribution >= 0.6 is 0 Å². The lowest BCUT2D eigenvalue weighted by atomic mass is 9.98. The molecule has 4 aromatic rings. The zero-order valence-electron chi connectivity index (χ0n) is 22.5. The van der Waals surface area contributed by atoms with Crippen molar-refractivity contribution in [3.63, 3.8) is 0 Å². The zero-order valence-corrected chi connectivity index (χ0v) is 22.5. The largest absolute Gasteiger partial charge is 0.489 e. The van der Waals surface area contributed by atoms with Gasteiger partial charge >= 0.3 is 0 Å². The molecule has 4 N–H and O–H groups in total. The van der Waals surface area contributed by atoms with E-state index in [-0.39, 0.29) is 12.4 Å². The number of carbonyl (C=O) groups is 1. The standard InChI is InChI=1S/C31H31N3O8/c35-17-27-28(37)29(38)30(39)31(42-27)34-16-23(32-33-34)19-41-25-13-9-22(10-14-25)26(36)15-8-20-6-11-24(12-7-20)40-18-21-4-2-1-3-5-21/h1-16,27-31,35,37-39H,17-19H2/b15-8+/t27-,28-,29+,30-,31-/m1/s1. The topological polar surface area (TPSA) is 156 Å². The number of ether oxygens (including phenoxy) is 3. The highest BCUT2D eigenvalue weighted by Crippen LogP contribution is 2.28. The highest BCUT2D eigenvalue weighted by Gasteiger charge is 2.44. The molecule has 0 saturated carbocycles. The fraction of sp³-hybridized carbons (Fsp3) is 0.258. The number of allylic oxidation sites excluding steroid dienone is 1. The van der Waals surface area contributed by atoms with Crippen molar-refractivity contribution in [2.24, 2.45) is 0 Å². The molecule has 1 aliphatic rings. The predicted molar refractivity (Wildman–Crippen MR) is 150 cm³/mol. The third kappa shape index (κ3) is 7.08. The van der Waals surface area contributed by atoms with E-state index in [9.17, 15) is 25.2 Å². The van der Waals surface area contributed by atoms with Crippen molar-refractivity contribution in [3.8, 4) is 11.5 Å². The van der Waals surface area contributed by atoms with Crippen molar-refractivity contribution < 1.29 is 39.4 Å². The number of benzene rings is 3. The van der Waals surface area contributed by atoms with E-state index in [1.165, 1.54) is 17.0 Å². The Labute approximate surface area is 241 Å². The minimum Gasteiger partial charge on any atom is -0.489 e. The summed E-state index contributed by atoms with van der Waals surface area (Å²) in [6.07, 6.45) is -1.95. The summed E-state index contributed by atoms with van der Waals surface area (Å²) in [5.74, 6) is 1.09. The number of carbonyl (C=O) groups excluding carboxylic acids is 1. The zero-order chi connectivity index (χ0) is 29.5. The van der Waals surface area contributed by atoms with Gasteiger partial charge in [-0.1, -0.05) is 53.8 Å². The maximum absolute atomic E-state index is 12.6. The molecule has 42 heavy (non-hydrogen) atoms. The SMILES string of the molecule is O=C(/C=C/c1ccc(OCc2ccccc2)cc1)c1ccc(OCc2cn([C@@H]3O[C@H](CO)[C@@H](O)[C@H](O)[C@H]3O)nn2)cc1. The molecular weight excluding hydrogens is 542 g/mol. The lowest BCUT2D eigenvalue weighted by Crippen LogP contribution is -2.56. The van der Waals surface area contributed by atoms with Gasteiger partial charge in [0.2, 0.25) is 0 Å². The van der Waals surface area contributed by atoms with Gasteiger partial charge in [-0.25, -0.2) is 4.68 Å². The Bertz CT molecular complexity index is 1470. The number of nitrogens with zero attached hydrogens (tertiary/aromatic N) is 3. The van der Waals surface area contributed by atoms with Crippen molar-refractivity contribution >= 4 is 11.9 Å². The molecule has 1 aromatic heterocycles. The first kappa shape index (κ1) is 29.1. The Morgan fingerprint density at radius 3 is 2.21 bits per heavy atom. The van der Waals surface area contributed by atoms with Crippen molar-refractivity contribution in [2.45, 2.75) is 43.9 Å². The van der Waals surface area contributed by atoms with Crippen LogP contribution < -0.4 is 9.47 Å². The number of aliphatic hydroxyl groups is 4. The van der Waals surface area contributed by atoms with E-state index in [1.54, 1.807) is 30.3 Å². The highest BCUT2D eigenvalue weighted by atomic mass is 16.6. The molecule has 0 spiro atoms. The van der Waals surface area contributed by atoms with Crippen molar-refractivity contribution in [1.82, 2.24) is 15.0 Å². The summed E-state index contributed by atoms with van der Waals surface area (Å²) in [5, 5.41) is 47.4. The number of rotatable bonds is 11. The Balaban J connectivity index is 1.11. The molecule has 0 unspecified atom stereocenters. The summed E-state index contributed by atoms with van der Waals surface area (Å²) < 4.78 is 18.2. The summed E-state index contributed by atoms with van der Waals surface area (Å²) in [5.41, 5.74) is 2.86. The van der Waals surface area contributed by atoms with Gasteiger partial charge in [-0.2, -0.15) is 0 Å². The van der Waals surface area contributed by atoms with Crippen molar-refractivity contribution in [2.75, 3.05) is 6.61 Å². The summed E-state index contributed by atoms with van der Waals surface area (Å²) in [4.78, 5) is 12.6. The highest BCUT2D eigenvalue weighted by molar-refractivity contribution is 6.06. The van der Waals surface area contributed by atoms with Crippen LogP contribution in [-0.2, 0) is 18.0 Å². The van der Waals surface area contributed by atoms with Gasteiger partial charge in [0.05, 0.1) is 12.8 Å². The fourth-order valence-corrected chi connectivity index (χ4v) is 4.36. The molecule has 3 aromatic carbocycles. The van der Waals surface area contributed by atoms with Crippen LogP contribution in [-0.4, -0.2) is 72.2 Å². The fourth-order valence-electron chi connectivity index (χ4n) is 4.36. The second-order valence-electron chi connectivity index (χ2n) is 9.76. The second kappa shape index (κ2) is 13.5. The smallest absolute Gasteiger partial charge is 0.185 e. The van der Waals surface area contributed by atoms with E-state index in [0.717, 1.165) is 16.9 Å². The Morgan fingerprint density at radius 1 is 0.857 bits per heavy atom. The van der Waals surface area contributed by atoms with Gasteiger partial charge in [-0.05, 0) is 53.6 Å². The van der Waals surface area contributed by atoms with Crippen LogP contribution in [0.4, 0.5) is 0 Å². The van der Waals surface area contributed by atoms with Crippen LogP contribution in [0.1, 0.15) is 33.4 Å². The van der Waals surface area contributed by atoms with E-state index >= 15 is 0 Å². The molecule has 11 heteroatoms. The maximum atomic E-state index is 12.6. The van der Waals surface area contributed by atoms with Crippen LogP contribution in [0.2, 0.25) is 0 Å². The van der Waals surface area contributed by atoms with Gasteiger partial charge < -0.3 is 34.6 Å². The van der Waals surface area contributed by atoms with E-state index in [1.807, 2.05) is 54.6 Å². The summed E-state index contributed by atoms with van der Waals surface area (Å²) in [7, 11) is 0. The summed E-state index contributed by atoms with van der Waals surface area (Å²) in [6, 6.07) is 24.1. The normalized spacial score (nSPS) is 22.2. The van der Waals surface area contributed by atoms with Gasteiger partial charge in [-0.15, -0.1) is 5.10 Å². The first-order valence-corrected chi connectivity index (χ1v) is 13.3. The molecule has 1 saturated heterocycles. The van der Waals surface area contributed by atoms with Crippen LogP contribution in [0.25, 0.3) is 6.08 Å². The van der Waals surface area contributed by atoms with Gasteiger partial charge in [0.25, 0.3) is 0 Å². The van der Waals surface area contributed by atoms with Gasteiger partial charge in [0.1, 0.15) is 54.8 Å². The van der Waals surface area contributed by atoms with Gasteiger partial charge in [-0.3, -0.25) is 4.79 Å². The predicted octanol–water partition coefficient (Wildman–Crippen LogP) is 2.30. The minimum absolute atomic E-state index is 0.0374.